The van der Waals surface area contributed by atoms with Crippen LogP contribution in [0.25, 0.3) is 0 Å². The summed E-state index contributed by atoms with van der Waals surface area (Å²) in [5, 5.41) is 9.36. The quantitative estimate of drug-likeness (QED) is 0.620. The van der Waals surface area contributed by atoms with Crippen LogP contribution in [-0.4, -0.2) is 21.3 Å². The molecule has 1 rings (SSSR count). The minimum Gasteiger partial charge on any atom is -0.392 e. The maximum Gasteiger partial charge on any atom is 0.129 e. The van der Waals surface area contributed by atoms with E-state index in [1.165, 1.54) is 0 Å². The Morgan fingerprint density at radius 3 is 1.50 bits per heavy atom. The standard InChI is InChI=1S/C17H24OSi2/c1-19(2,3)9-7-15-11-16(8-10-20(4,5)6)13-17(12-15)14-18/h11-13,18H,14H2,1-6H3. The van der Waals surface area contributed by atoms with E-state index in [1.807, 2.05) is 18.2 Å². The van der Waals surface area contributed by atoms with Crippen molar-refractivity contribution in [1.82, 2.24) is 0 Å². The van der Waals surface area contributed by atoms with Crippen LogP contribution in [0.2, 0.25) is 39.3 Å². The van der Waals surface area contributed by atoms with Crippen molar-refractivity contribution in [1.29, 1.82) is 0 Å². The summed E-state index contributed by atoms with van der Waals surface area (Å²) in [7, 11) is -2.77. The molecule has 20 heavy (non-hydrogen) atoms. The van der Waals surface area contributed by atoms with Gasteiger partial charge >= 0.3 is 0 Å². The Balaban J connectivity index is 3.20. The summed E-state index contributed by atoms with van der Waals surface area (Å²) >= 11 is 0. The molecule has 0 aromatic heterocycles. The first-order valence-corrected chi connectivity index (χ1v) is 13.9. The second kappa shape index (κ2) is 6.46. The zero-order chi connectivity index (χ0) is 15.4. The van der Waals surface area contributed by atoms with Crippen molar-refractivity contribution in [3.63, 3.8) is 0 Å². The largest absolute Gasteiger partial charge is 0.392 e. The normalized spacial score (nSPS) is 11.2. The molecule has 0 heterocycles. The first-order valence-electron chi connectivity index (χ1n) is 6.90. The second-order valence-corrected chi connectivity index (χ2v) is 16.6. The van der Waals surface area contributed by atoms with E-state index in [4.69, 9.17) is 0 Å². The van der Waals surface area contributed by atoms with Gasteiger partial charge in [-0.2, -0.15) is 0 Å². The Morgan fingerprint density at radius 1 is 0.800 bits per heavy atom. The van der Waals surface area contributed by atoms with Gasteiger partial charge in [0.15, 0.2) is 0 Å². The zero-order valence-electron chi connectivity index (χ0n) is 13.4. The summed E-state index contributed by atoms with van der Waals surface area (Å²) < 4.78 is 0. The van der Waals surface area contributed by atoms with Crippen molar-refractivity contribution < 1.29 is 5.11 Å². The fraction of sp³-hybridized carbons (Fsp3) is 0.412. The molecule has 0 saturated heterocycles. The molecule has 0 aliphatic heterocycles. The number of aliphatic hydroxyl groups excluding tert-OH is 1. The molecule has 0 saturated carbocycles. The maximum atomic E-state index is 9.36. The fourth-order valence-electron chi connectivity index (χ4n) is 1.45. The summed E-state index contributed by atoms with van der Waals surface area (Å²) in [4.78, 5) is 0. The molecule has 1 nitrogen and oxygen atoms in total. The number of benzene rings is 1. The molecule has 1 aromatic rings. The molecule has 0 amide bonds. The number of rotatable bonds is 1. The molecule has 1 aromatic carbocycles. The molecule has 106 valence electrons. The molecule has 0 fully saturated rings. The minimum atomic E-state index is -1.39. The van der Waals surface area contributed by atoms with E-state index < -0.39 is 16.1 Å². The number of hydrogen-bond donors (Lipinski definition) is 1. The van der Waals surface area contributed by atoms with Crippen LogP contribution >= 0.6 is 0 Å². The Kier molecular flexibility index (Phi) is 5.42. The molecular weight excluding hydrogens is 276 g/mol. The van der Waals surface area contributed by atoms with Crippen molar-refractivity contribution in [2.75, 3.05) is 0 Å². The van der Waals surface area contributed by atoms with Gasteiger partial charge in [0.25, 0.3) is 0 Å². The second-order valence-electron chi connectivity index (χ2n) is 7.08. The highest BCUT2D eigenvalue weighted by Crippen LogP contribution is 2.10. The number of aliphatic hydroxyl groups is 1. The van der Waals surface area contributed by atoms with E-state index in [0.717, 1.165) is 16.7 Å². The summed E-state index contributed by atoms with van der Waals surface area (Å²) in [6.07, 6.45) is 0. The van der Waals surface area contributed by atoms with Gasteiger partial charge in [-0.1, -0.05) is 51.1 Å². The van der Waals surface area contributed by atoms with Gasteiger partial charge in [0.2, 0.25) is 0 Å². The van der Waals surface area contributed by atoms with Crippen LogP contribution in [0, 0.1) is 22.9 Å². The van der Waals surface area contributed by atoms with Gasteiger partial charge in [0, 0.05) is 11.1 Å². The van der Waals surface area contributed by atoms with Gasteiger partial charge < -0.3 is 5.11 Å². The third-order valence-corrected chi connectivity index (χ3v) is 4.09. The molecule has 0 aliphatic rings. The van der Waals surface area contributed by atoms with Crippen molar-refractivity contribution in [2.24, 2.45) is 0 Å². The lowest BCUT2D eigenvalue weighted by molar-refractivity contribution is 0.282. The van der Waals surface area contributed by atoms with E-state index in [0.29, 0.717) is 0 Å². The van der Waals surface area contributed by atoms with E-state index in [-0.39, 0.29) is 6.61 Å². The van der Waals surface area contributed by atoms with Crippen LogP contribution in [0.3, 0.4) is 0 Å². The Hall–Kier alpha value is -1.27. The molecule has 0 atom stereocenters. The van der Waals surface area contributed by atoms with Gasteiger partial charge in [0.1, 0.15) is 16.1 Å². The third-order valence-electron chi connectivity index (χ3n) is 2.34. The summed E-state index contributed by atoms with van der Waals surface area (Å²) in [6, 6.07) is 5.93. The van der Waals surface area contributed by atoms with Crippen molar-refractivity contribution in [3.05, 3.63) is 34.9 Å². The molecule has 0 aliphatic carbocycles. The highest BCUT2D eigenvalue weighted by Gasteiger charge is 2.09. The highest BCUT2D eigenvalue weighted by atomic mass is 28.3. The smallest absolute Gasteiger partial charge is 0.129 e. The van der Waals surface area contributed by atoms with E-state index in [9.17, 15) is 5.11 Å². The van der Waals surface area contributed by atoms with E-state index >= 15 is 0 Å². The van der Waals surface area contributed by atoms with Crippen LogP contribution in [0.15, 0.2) is 18.2 Å². The van der Waals surface area contributed by atoms with Crippen LogP contribution in [-0.2, 0) is 6.61 Å². The van der Waals surface area contributed by atoms with Gasteiger partial charge in [-0.25, -0.2) is 0 Å². The average Bonchev–Trinajstić information content (AvgIpc) is 2.32. The SMILES string of the molecule is C[Si](C)(C)C#Cc1cc(C#C[Si](C)(C)C)cc(CO)c1. The molecule has 1 N–H and O–H groups in total. The summed E-state index contributed by atoms with van der Waals surface area (Å²) in [5.74, 6) is 6.48. The van der Waals surface area contributed by atoms with E-state index in [2.05, 4.69) is 62.2 Å². The van der Waals surface area contributed by atoms with Crippen LogP contribution in [0.1, 0.15) is 16.7 Å². The predicted octanol–water partition coefficient (Wildman–Crippen LogP) is 3.64. The maximum absolute atomic E-state index is 9.36. The topological polar surface area (TPSA) is 20.2 Å². The lowest BCUT2D eigenvalue weighted by Gasteiger charge is -2.05. The molecule has 0 radical (unpaired) electrons. The molecule has 0 unspecified atom stereocenters. The van der Waals surface area contributed by atoms with E-state index in [1.54, 1.807) is 0 Å². The molecular formula is C17H24OSi2. The van der Waals surface area contributed by atoms with Gasteiger partial charge in [-0.15, -0.1) is 11.1 Å². The lowest BCUT2D eigenvalue weighted by atomic mass is 10.1. The molecule has 3 heteroatoms. The minimum absolute atomic E-state index is 0.0318. The van der Waals surface area contributed by atoms with Crippen molar-refractivity contribution in [2.45, 2.75) is 45.9 Å². The van der Waals surface area contributed by atoms with Crippen LogP contribution in [0.5, 0.6) is 0 Å². The Bertz CT molecular complexity index is 546. The zero-order valence-corrected chi connectivity index (χ0v) is 15.4. The predicted molar refractivity (Wildman–Crippen MR) is 92.8 cm³/mol. The third kappa shape index (κ3) is 6.77. The average molecular weight is 301 g/mol. The number of hydrogen-bond acceptors (Lipinski definition) is 1. The van der Waals surface area contributed by atoms with Crippen molar-refractivity contribution >= 4 is 16.1 Å². The Labute approximate surface area is 125 Å². The van der Waals surface area contributed by atoms with Gasteiger partial charge in [0.05, 0.1) is 6.61 Å². The van der Waals surface area contributed by atoms with Crippen molar-refractivity contribution in [3.8, 4) is 22.9 Å². The fourth-order valence-corrected chi connectivity index (χ4v) is 2.49. The van der Waals surface area contributed by atoms with Crippen LogP contribution in [0.4, 0.5) is 0 Å². The molecule has 0 bridgehead atoms. The Morgan fingerprint density at radius 2 is 1.20 bits per heavy atom. The summed E-state index contributed by atoms with van der Waals surface area (Å²) in [6.45, 7) is 13.4. The summed E-state index contributed by atoms with van der Waals surface area (Å²) in [5.41, 5.74) is 9.51. The van der Waals surface area contributed by atoms with Crippen LogP contribution < -0.4 is 0 Å². The monoisotopic (exact) mass is 300 g/mol. The lowest BCUT2D eigenvalue weighted by Crippen LogP contribution is -2.16. The highest BCUT2D eigenvalue weighted by molar-refractivity contribution is 6.84. The van der Waals surface area contributed by atoms with Gasteiger partial charge in [-0.3, -0.25) is 0 Å². The van der Waals surface area contributed by atoms with Gasteiger partial charge in [-0.05, 0) is 23.8 Å². The first kappa shape index (κ1) is 16.8. The molecule has 0 spiro atoms. The first-order chi connectivity index (χ1) is 9.09.